The number of guanidine groups is 1. The Morgan fingerprint density at radius 2 is 1.73 bits per heavy atom. The minimum atomic E-state index is -0.506. The number of aryl methyl sites for hydroxylation is 1. The quantitative estimate of drug-likeness (QED) is 0.397. The standard InChI is InChI=1S/C24H26N4O2/c1-18-10-12-19(13-11-18)15-26-24(28-21-7-3-2-4-8-21)27-16-20-6-5-9-22(14-20)30-17-23(25)29/h2-14H,15-17H2,1H3,(H2,25,29)(H2,26,27,28). The highest BCUT2D eigenvalue weighted by atomic mass is 16.5. The number of primary amides is 1. The van der Waals surface area contributed by atoms with Crippen molar-refractivity contribution in [2.45, 2.75) is 20.0 Å². The molecule has 0 heterocycles. The predicted octanol–water partition coefficient (Wildman–Crippen LogP) is 3.62. The summed E-state index contributed by atoms with van der Waals surface area (Å²) in [5, 5.41) is 6.71. The number of aliphatic imine (C=N–C) groups is 1. The zero-order chi connectivity index (χ0) is 21.2. The Morgan fingerprint density at radius 3 is 2.47 bits per heavy atom. The van der Waals surface area contributed by atoms with E-state index in [0.29, 0.717) is 24.8 Å². The molecule has 3 rings (SSSR count). The van der Waals surface area contributed by atoms with Crippen LogP contribution in [-0.2, 0) is 17.9 Å². The van der Waals surface area contributed by atoms with Crippen molar-refractivity contribution in [1.82, 2.24) is 5.32 Å². The third-order valence-electron chi connectivity index (χ3n) is 4.32. The molecule has 3 aromatic carbocycles. The van der Waals surface area contributed by atoms with Crippen molar-refractivity contribution in [3.63, 3.8) is 0 Å². The summed E-state index contributed by atoms with van der Waals surface area (Å²) in [6.07, 6.45) is 0. The summed E-state index contributed by atoms with van der Waals surface area (Å²) in [7, 11) is 0. The van der Waals surface area contributed by atoms with Crippen molar-refractivity contribution in [2.75, 3.05) is 11.9 Å². The van der Waals surface area contributed by atoms with E-state index in [9.17, 15) is 4.79 Å². The van der Waals surface area contributed by atoms with Crippen molar-refractivity contribution in [1.29, 1.82) is 0 Å². The maximum atomic E-state index is 10.9. The second-order valence-corrected chi connectivity index (χ2v) is 6.90. The molecule has 0 spiro atoms. The van der Waals surface area contributed by atoms with Gasteiger partial charge in [-0.1, -0.05) is 60.2 Å². The lowest BCUT2D eigenvalue weighted by molar-refractivity contribution is -0.119. The van der Waals surface area contributed by atoms with Crippen molar-refractivity contribution < 1.29 is 9.53 Å². The molecule has 0 aliphatic rings. The van der Waals surface area contributed by atoms with E-state index in [1.165, 1.54) is 11.1 Å². The summed E-state index contributed by atoms with van der Waals surface area (Å²) in [4.78, 5) is 15.6. The molecule has 0 atom stereocenters. The van der Waals surface area contributed by atoms with Gasteiger partial charge in [0, 0.05) is 12.2 Å². The molecule has 6 heteroatoms. The SMILES string of the molecule is Cc1ccc(CNC(=NCc2cccc(OCC(N)=O)c2)Nc2ccccc2)cc1. The van der Waals surface area contributed by atoms with E-state index in [1.54, 1.807) is 6.07 Å². The topological polar surface area (TPSA) is 88.7 Å². The molecule has 3 aromatic rings. The van der Waals surface area contributed by atoms with Crippen LogP contribution in [-0.4, -0.2) is 18.5 Å². The molecule has 0 aliphatic heterocycles. The summed E-state index contributed by atoms with van der Waals surface area (Å²) in [5.41, 5.74) is 9.45. The molecule has 0 saturated carbocycles. The van der Waals surface area contributed by atoms with E-state index in [4.69, 9.17) is 15.5 Å². The van der Waals surface area contributed by atoms with Crippen molar-refractivity contribution >= 4 is 17.6 Å². The highest BCUT2D eigenvalue weighted by Crippen LogP contribution is 2.14. The van der Waals surface area contributed by atoms with Gasteiger partial charge in [-0.3, -0.25) is 4.79 Å². The van der Waals surface area contributed by atoms with E-state index >= 15 is 0 Å². The molecule has 1 amide bonds. The second kappa shape index (κ2) is 10.7. The normalized spacial score (nSPS) is 11.0. The molecular formula is C24H26N4O2. The smallest absolute Gasteiger partial charge is 0.255 e. The third kappa shape index (κ3) is 6.98. The first-order chi connectivity index (χ1) is 14.6. The van der Waals surface area contributed by atoms with E-state index in [-0.39, 0.29) is 6.61 Å². The number of hydrogen-bond donors (Lipinski definition) is 3. The number of rotatable bonds is 8. The Kier molecular flexibility index (Phi) is 7.44. The van der Waals surface area contributed by atoms with Gasteiger partial charge in [-0.15, -0.1) is 0 Å². The van der Waals surface area contributed by atoms with E-state index in [1.807, 2.05) is 48.5 Å². The first kappa shape index (κ1) is 20.9. The molecule has 4 N–H and O–H groups in total. The van der Waals surface area contributed by atoms with Crippen LogP contribution >= 0.6 is 0 Å². The molecule has 0 aromatic heterocycles. The van der Waals surface area contributed by atoms with Gasteiger partial charge in [0.2, 0.25) is 0 Å². The second-order valence-electron chi connectivity index (χ2n) is 6.90. The highest BCUT2D eigenvalue weighted by molar-refractivity contribution is 5.93. The van der Waals surface area contributed by atoms with Gasteiger partial charge >= 0.3 is 0 Å². The van der Waals surface area contributed by atoms with Gasteiger partial charge in [-0.25, -0.2) is 4.99 Å². The minimum absolute atomic E-state index is 0.147. The number of ether oxygens (including phenoxy) is 1. The molecule has 6 nitrogen and oxygen atoms in total. The molecule has 30 heavy (non-hydrogen) atoms. The first-order valence-corrected chi connectivity index (χ1v) is 9.74. The Morgan fingerprint density at radius 1 is 0.967 bits per heavy atom. The zero-order valence-corrected chi connectivity index (χ0v) is 17.0. The lowest BCUT2D eigenvalue weighted by Gasteiger charge is -2.13. The van der Waals surface area contributed by atoms with Gasteiger partial charge in [0.05, 0.1) is 6.54 Å². The summed E-state index contributed by atoms with van der Waals surface area (Å²) in [6, 6.07) is 25.7. The highest BCUT2D eigenvalue weighted by Gasteiger charge is 2.03. The summed E-state index contributed by atoms with van der Waals surface area (Å²) in [5.74, 6) is 0.755. The fraction of sp³-hybridized carbons (Fsp3) is 0.167. The van der Waals surface area contributed by atoms with Crippen LogP contribution in [0, 0.1) is 6.92 Å². The number of para-hydroxylation sites is 1. The van der Waals surface area contributed by atoms with E-state index < -0.39 is 5.91 Å². The van der Waals surface area contributed by atoms with E-state index in [0.717, 1.165) is 11.3 Å². The van der Waals surface area contributed by atoms with Gasteiger partial charge in [0.1, 0.15) is 5.75 Å². The zero-order valence-electron chi connectivity index (χ0n) is 17.0. The average molecular weight is 402 g/mol. The average Bonchev–Trinajstić information content (AvgIpc) is 2.76. The number of hydrogen-bond acceptors (Lipinski definition) is 3. The number of carbonyl (C=O) groups is 1. The van der Waals surface area contributed by atoms with Crippen LogP contribution in [0.4, 0.5) is 5.69 Å². The lowest BCUT2D eigenvalue weighted by Crippen LogP contribution is -2.30. The summed E-state index contributed by atoms with van der Waals surface area (Å²) in [6.45, 7) is 3.03. The number of nitrogens with zero attached hydrogens (tertiary/aromatic N) is 1. The Labute approximate surface area is 176 Å². The van der Waals surface area contributed by atoms with Crippen LogP contribution in [0.25, 0.3) is 0 Å². The Hall–Kier alpha value is -3.80. The van der Waals surface area contributed by atoms with Gasteiger partial charge < -0.3 is 21.1 Å². The van der Waals surface area contributed by atoms with Gasteiger partial charge in [0.25, 0.3) is 5.91 Å². The van der Waals surface area contributed by atoms with Crippen LogP contribution < -0.4 is 21.1 Å². The third-order valence-corrected chi connectivity index (χ3v) is 4.32. The Balaban J connectivity index is 1.70. The number of nitrogens with one attached hydrogen (secondary N) is 2. The van der Waals surface area contributed by atoms with Crippen molar-refractivity contribution in [3.05, 3.63) is 95.6 Å². The maximum absolute atomic E-state index is 10.9. The molecular weight excluding hydrogens is 376 g/mol. The predicted molar refractivity (Wildman–Crippen MR) is 120 cm³/mol. The number of carbonyl (C=O) groups excluding carboxylic acids is 1. The van der Waals surface area contributed by atoms with Crippen molar-refractivity contribution in [2.24, 2.45) is 10.7 Å². The molecule has 0 saturated heterocycles. The monoisotopic (exact) mass is 402 g/mol. The van der Waals surface area contributed by atoms with Crippen molar-refractivity contribution in [3.8, 4) is 5.75 Å². The number of benzene rings is 3. The largest absolute Gasteiger partial charge is 0.484 e. The lowest BCUT2D eigenvalue weighted by atomic mass is 10.1. The fourth-order valence-electron chi connectivity index (χ4n) is 2.75. The number of anilines is 1. The van der Waals surface area contributed by atoms with Crippen LogP contribution in [0.5, 0.6) is 5.75 Å². The molecule has 154 valence electrons. The van der Waals surface area contributed by atoms with Crippen LogP contribution in [0.2, 0.25) is 0 Å². The molecule has 0 unspecified atom stereocenters. The molecule has 0 bridgehead atoms. The summed E-state index contributed by atoms with van der Waals surface area (Å²) >= 11 is 0. The maximum Gasteiger partial charge on any atom is 0.255 e. The molecule has 0 aliphatic carbocycles. The number of amides is 1. The van der Waals surface area contributed by atoms with Gasteiger partial charge in [-0.2, -0.15) is 0 Å². The number of nitrogens with two attached hydrogens (primary N) is 1. The molecule has 0 radical (unpaired) electrons. The Bertz CT molecular complexity index is 986. The van der Waals surface area contributed by atoms with Gasteiger partial charge in [-0.05, 0) is 42.3 Å². The van der Waals surface area contributed by atoms with Crippen LogP contribution in [0.15, 0.2) is 83.9 Å². The fourth-order valence-corrected chi connectivity index (χ4v) is 2.75. The first-order valence-electron chi connectivity index (χ1n) is 9.74. The summed E-state index contributed by atoms with van der Waals surface area (Å²) < 4.78 is 5.37. The van der Waals surface area contributed by atoms with Crippen LogP contribution in [0.1, 0.15) is 16.7 Å². The van der Waals surface area contributed by atoms with Gasteiger partial charge in [0.15, 0.2) is 12.6 Å². The molecule has 0 fully saturated rings. The van der Waals surface area contributed by atoms with E-state index in [2.05, 4.69) is 41.8 Å². The van der Waals surface area contributed by atoms with Crippen LogP contribution in [0.3, 0.4) is 0 Å². The minimum Gasteiger partial charge on any atom is -0.484 e.